The standard InChI is InChI=1S/C17H19BrN2O/c1-2-12-4-3-7-20-16(12)11-19-10-15-9-13-8-14(18)5-6-17(13)21-15/h3-8,15,19H,2,9-11H2,1H3. The predicted molar refractivity (Wildman–Crippen MR) is 87.6 cm³/mol. The maximum Gasteiger partial charge on any atom is 0.123 e. The molecule has 1 aromatic heterocycles. The molecular weight excluding hydrogens is 328 g/mol. The van der Waals surface area contributed by atoms with E-state index in [4.69, 9.17) is 4.74 Å². The summed E-state index contributed by atoms with van der Waals surface area (Å²) in [6.45, 7) is 3.80. The number of halogens is 1. The van der Waals surface area contributed by atoms with Crippen molar-refractivity contribution in [2.24, 2.45) is 0 Å². The minimum absolute atomic E-state index is 0.211. The molecule has 1 atom stereocenters. The van der Waals surface area contributed by atoms with Crippen LogP contribution in [-0.2, 0) is 19.4 Å². The number of aromatic nitrogens is 1. The van der Waals surface area contributed by atoms with Gasteiger partial charge in [-0.2, -0.15) is 0 Å². The Morgan fingerprint density at radius 1 is 1.38 bits per heavy atom. The van der Waals surface area contributed by atoms with Crippen LogP contribution in [0.25, 0.3) is 0 Å². The van der Waals surface area contributed by atoms with Crippen LogP contribution in [0.1, 0.15) is 23.7 Å². The molecule has 0 spiro atoms. The fourth-order valence-corrected chi connectivity index (χ4v) is 3.12. The van der Waals surface area contributed by atoms with Crippen LogP contribution in [0.15, 0.2) is 41.0 Å². The molecule has 2 heterocycles. The molecule has 110 valence electrons. The average molecular weight is 347 g/mol. The fourth-order valence-electron chi connectivity index (χ4n) is 2.71. The number of fused-ring (bicyclic) bond motifs is 1. The van der Waals surface area contributed by atoms with E-state index in [1.165, 1.54) is 11.1 Å². The molecule has 0 saturated carbocycles. The molecule has 1 aromatic carbocycles. The van der Waals surface area contributed by atoms with Crippen LogP contribution in [-0.4, -0.2) is 17.6 Å². The van der Waals surface area contributed by atoms with E-state index in [2.05, 4.69) is 45.3 Å². The SMILES string of the molecule is CCc1cccnc1CNCC1Cc2cc(Br)ccc2O1. The summed E-state index contributed by atoms with van der Waals surface area (Å²) in [7, 11) is 0. The van der Waals surface area contributed by atoms with E-state index in [0.29, 0.717) is 0 Å². The van der Waals surface area contributed by atoms with Crippen LogP contribution < -0.4 is 10.1 Å². The maximum absolute atomic E-state index is 5.95. The Hall–Kier alpha value is -1.39. The lowest BCUT2D eigenvalue weighted by Crippen LogP contribution is -2.30. The molecule has 0 amide bonds. The summed E-state index contributed by atoms with van der Waals surface area (Å²) in [4.78, 5) is 4.46. The first-order valence-corrected chi connectivity index (χ1v) is 8.14. The van der Waals surface area contributed by atoms with Crippen LogP contribution in [0.4, 0.5) is 0 Å². The molecule has 21 heavy (non-hydrogen) atoms. The Balaban J connectivity index is 1.53. The van der Waals surface area contributed by atoms with Crippen LogP contribution in [0, 0.1) is 0 Å². The summed E-state index contributed by atoms with van der Waals surface area (Å²) in [6, 6.07) is 10.3. The van der Waals surface area contributed by atoms with Gasteiger partial charge in [-0.1, -0.05) is 28.9 Å². The van der Waals surface area contributed by atoms with Crippen LogP contribution >= 0.6 is 15.9 Å². The molecule has 2 aromatic rings. The van der Waals surface area contributed by atoms with Gasteiger partial charge in [0.15, 0.2) is 0 Å². The molecule has 1 aliphatic heterocycles. The molecule has 3 nitrogen and oxygen atoms in total. The van der Waals surface area contributed by atoms with Gasteiger partial charge < -0.3 is 10.1 Å². The number of hydrogen-bond acceptors (Lipinski definition) is 3. The zero-order chi connectivity index (χ0) is 14.7. The van der Waals surface area contributed by atoms with Crippen molar-refractivity contribution in [3.8, 4) is 5.75 Å². The molecule has 1 aliphatic rings. The molecule has 1 unspecified atom stereocenters. The van der Waals surface area contributed by atoms with Gasteiger partial charge in [0.05, 0.1) is 5.69 Å². The van der Waals surface area contributed by atoms with E-state index in [1.54, 1.807) is 0 Å². The molecule has 0 bridgehead atoms. The Kier molecular flexibility index (Phi) is 4.56. The lowest BCUT2D eigenvalue weighted by atomic mass is 10.1. The van der Waals surface area contributed by atoms with Crippen molar-refractivity contribution in [3.63, 3.8) is 0 Å². The van der Waals surface area contributed by atoms with E-state index in [9.17, 15) is 0 Å². The minimum atomic E-state index is 0.211. The Labute approximate surface area is 133 Å². The normalized spacial score (nSPS) is 16.6. The number of benzene rings is 1. The highest BCUT2D eigenvalue weighted by molar-refractivity contribution is 9.10. The molecule has 4 heteroatoms. The van der Waals surface area contributed by atoms with Gasteiger partial charge in [-0.05, 0) is 41.8 Å². The number of nitrogens with one attached hydrogen (secondary N) is 1. The summed E-state index contributed by atoms with van der Waals surface area (Å²) < 4.78 is 7.06. The third-order valence-corrected chi connectivity index (χ3v) is 4.29. The molecule has 0 fully saturated rings. The second-order valence-corrected chi connectivity index (χ2v) is 6.21. The van der Waals surface area contributed by atoms with Gasteiger partial charge in [-0.3, -0.25) is 4.98 Å². The van der Waals surface area contributed by atoms with Gasteiger partial charge in [0.25, 0.3) is 0 Å². The Bertz CT molecular complexity index is 630. The van der Waals surface area contributed by atoms with E-state index in [-0.39, 0.29) is 6.10 Å². The van der Waals surface area contributed by atoms with Gasteiger partial charge >= 0.3 is 0 Å². The quantitative estimate of drug-likeness (QED) is 0.899. The first kappa shape index (κ1) is 14.5. The number of ether oxygens (including phenoxy) is 1. The monoisotopic (exact) mass is 346 g/mol. The fraction of sp³-hybridized carbons (Fsp3) is 0.353. The van der Waals surface area contributed by atoms with Crippen molar-refractivity contribution in [1.29, 1.82) is 0 Å². The highest BCUT2D eigenvalue weighted by Crippen LogP contribution is 2.30. The lowest BCUT2D eigenvalue weighted by Gasteiger charge is -2.13. The van der Waals surface area contributed by atoms with Crippen LogP contribution in [0.3, 0.4) is 0 Å². The number of rotatable bonds is 5. The summed E-state index contributed by atoms with van der Waals surface area (Å²) in [6.07, 6.45) is 4.05. The second kappa shape index (κ2) is 6.58. The van der Waals surface area contributed by atoms with Crippen molar-refractivity contribution in [2.75, 3.05) is 6.54 Å². The van der Waals surface area contributed by atoms with Crippen molar-refractivity contribution < 1.29 is 4.74 Å². The second-order valence-electron chi connectivity index (χ2n) is 5.29. The van der Waals surface area contributed by atoms with Crippen molar-refractivity contribution >= 4 is 15.9 Å². The van der Waals surface area contributed by atoms with Crippen LogP contribution in [0.5, 0.6) is 5.75 Å². The molecule has 0 radical (unpaired) electrons. The topological polar surface area (TPSA) is 34.2 Å². The molecule has 0 saturated heterocycles. The number of nitrogens with zero attached hydrogens (tertiary/aromatic N) is 1. The summed E-state index contributed by atoms with van der Waals surface area (Å²) in [5.41, 5.74) is 3.73. The van der Waals surface area contributed by atoms with Gasteiger partial charge in [0.2, 0.25) is 0 Å². The van der Waals surface area contributed by atoms with Gasteiger partial charge in [-0.15, -0.1) is 0 Å². The van der Waals surface area contributed by atoms with E-state index < -0.39 is 0 Å². The smallest absolute Gasteiger partial charge is 0.123 e. The average Bonchev–Trinajstić information content (AvgIpc) is 2.89. The van der Waals surface area contributed by atoms with Crippen molar-refractivity contribution in [2.45, 2.75) is 32.4 Å². The maximum atomic E-state index is 5.95. The van der Waals surface area contributed by atoms with Gasteiger partial charge in [0.1, 0.15) is 11.9 Å². The summed E-state index contributed by atoms with van der Waals surface area (Å²) in [5, 5.41) is 3.47. The third-order valence-electron chi connectivity index (χ3n) is 3.79. The number of pyridine rings is 1. The zero-order valence-corrected chi connectivity index (χ0v) is 13.7. The van der Waals surface area contributed by atoms with E-state index in [1.807, 2.05) is 24.4 Å². The molecule has 3 rings (SSSR count). The summed E-state index contributed by atoms with van der Waals surface area (Å²) >= 11 is 3.50. The Morgan fingerprint density at radius 3 is 3.14 bits per heavy atom. The first-order valence-electron chi connectivity index (χ1n) is 7.35. The Morgan fingerprint density at radius 2 is 2.29 bits per heavy atom. The highest BCUT2D eigenvalue weighted by atomic mass is 79.9. The van der Waals surface area contributed by atoms with Gasteiger partial charge in [0, 0.05) is 30.2 Å². The van der Waals surface area contributed by atoms with E-state index >= 15 is 0 Å². The third kappa shape index (κ3) is 3.44. The minimum Gasteiger partial charge on any atom is -0.488 e. The van der Waals surface area contributed by atoms with Gasteiger partial charge in [-0.25, -0.2) is 0 Å². The van der Waals surface area contributed by atoms with Crippen molar-refractivity contribution in [3.05, 3.63) is 57.8 Å². The summed E-state index contributed by atoms with van der Waals surface area (Å²) in [5.74, 6) is 1.01. The highest BCUT2D eigenvalue weighted by Gasteiger charge is 2.22. The molecule has 1 N–H and O–H groups in total. The number of hydrogen-bond donors (Lipinski definition) is 1. The molecular formula is C17H19BrN2O. The largest absolute Gasteiger partial charge is 0.488 e. The van der Waals surface area contributed by atoms with E-state index in [0.717, 1.165) is 41.8 Å². The molecule has 0 aliphatic carbocycles. The lowest BCUT2D eigenvalue weighted by molar-refractivity contribution is 0.227. The number of aryl methyl sites for hydroxylation is 1. The predicted octanol–water partition coefficient (Wildman–Crippen LogP) is 3.50. The van der Waals surface area contributed by atoms with Crippen LogP contribution in [0.2, 0.25) is 0 Å². The van der Waals surface area contributed by atoms with Crippen molar-refractivity contribution in [1.82, 2.24) is 10.3 Å². The zero-order valence-electron chi connectivity index (χ0n) is 12.1. The first-order chi connectivity index (χ1) is 10.3.